The first kappa shape index (κ1) is 12.9. The van der Waals surface area contributed by atoms with Gasteiger partial charge in [0, 0.05) is 0 Å². The van der Waals surface area contributed by atoms with Crippen molar-refractivity contribution in [1.29, 1.82) is 0 Å². The Morgan fingerprint density at radius 3 is 2.35 bits per heavy atom. The van der Waals surface area contributed by atoms with Gasteiger partial charge in [-0.1, -0.05) is 50.9 Å². The fraction of sp³-hybridized carbons (Fsp3) is 0.733. The molecule has 2 aliphatic rings. The van der Waals surface area contributed by atoms with Gasteiger partial charge in [0.25, 0.3) is 6.85 Å². The molecule has 2 heteroatoms. The van der Waals surface area contributed by atoms with Crippen molar-refractivity contribution in [1.82, 2.24) is 4.81 Å². The summed E-state index contributed by atoms with van der Waals surface area (Å²) in [5, 5.41) is 0. The molecule has 94 valence electrons. The molecule has 0 saturated carbocycles. The second-order valence-electron chi connectivity index (χ2n) is 6.10. The molecular formula is C15H26BN. The summed E-state index contributed by atoms with van der Waals surface area (Å²) in [7, 11) is 0. The van der Waals surface area contributed by atoms with Crippen LogP contribution in [-0.2, 0) is 0 Å². The van der Waals surface area contributed by atoms with E-state index in [2.05, 4.69) is 44.6 Å². The van der Waals surface area contributed by atoms with E-state index in [0.29, 0.717) is 18.9 Å². The summed E-state index contributed by atoms with van der Waals surface area (Å²) in [5.74, 6) is 2.45. The van der Waals surface area contributed by atoms with E-state index in [9.17, 15) is 0 Å². The molecule has 0 aromatic carbocycles. The normalized spacial score (nSPS) is 20.8. The Kier molecular flexibility index (Phi) is 4.14. The van der Waals surface area contributed by atoms with Crippen LogP contribution in [0.2, 0.25) is 6.32 Å². The minimum Gasteiger partial charge on any atom is -0.334 e. The molecular weight excluding hydrogens is 205 g/mol. The van der Waals surface area contributed by atoms with E-state index < -0.39 is 0 Å². The maximum Gasteiger partial charge on any atom is 0.254 e. The van der Waals surface area contributed by atoms with E-state index in [0.717, 1.165) is 0 Å². The third kappa shape index (κ3) is 2.85. The largest absolute Gasteiger partial charge is 0.334 e. The Bertz CT molecular complexity index is 320. The quantitative estimate of drug-likeness (QED) is 0.661. The first-order chi connectivity index (χ1) is 8.09. The summed E-state index contributed by atoms with van der Waals surface area (Å²) in [6.07, 6.45) is 9.17. The maximum absolute atomic E-state index is 2.65. The number of hydrogen-bond donors (Lipinski definition) is 0. The van der Waals surface area contributed by atoms with Gasteiger partial charge >= 0.3 is 0 Å². The van der Waals surface area contributed by atoms with Crippen LogP contribution in [0.1, 0.15) is 53.4 Å². The van der Waals surface area contributed by atoms with E-state index in [-0.39, 0.29) is 0 Å². The van der Waals surface area contributed by atoms with Crippen molar-refractivity contribution in [3.8, 4) is 0 Å². The Balaban J connectivity index is 2.11. The molecule has 0 saturated heterocycles. The monoisotopic (exact) mass is 231 g/mol. The lowest BCUT2D eigenvalue weighted by Gasteiger charge is -2.38. The minimum absolute atomic E-state index is 0.631. The second-order valence-corrected chi connectivity index (χ2v) is 6.10. The summed E-state index contributed by atoms with van der Waals surface area (Å²) in [6.45, 7) is 9.90. The SMILES string of the molecule is CC(C)N(B1C=CC2=C(CCCC2)C1)C(C)C. The van der Waals surface area contributed by atoms with Crippen LogP contribution in [0.25, 0.3) is 0 Å². The average Bonchev–Trinajstić information content (AvgIpc) is 2.28. The highest BCUT2D eigenvalue weighted by atomic mass is 15.1. The molecule has 0 bridgehead atoms. The maximum atomic E-state index is 2.65. The molecule has 0 aromatic rings. The number of hydrogen-bond acceptors (Lipinski definition) is 1. The van der Waals surface area contributed by atoms with Crippen LogP contribution in [0, 0.1) is 0 Å². The van der Waals surface area contributed by atoms with Crippen LogP contribution in [0.15, 0.2) is 23.2 Å². The fourth-order valence-corrected chi connectivity index (χ4v) is 3.54. The van der Waals surface area contributed by atoms with Gasteiger partial charge in [0.15, 0.2) is 0 Å². The van der Waals surface area contributed by atoms with E-state index >= 15 is 0 Å². The zero-order chi connectivity index (χ0) is 12.4. The molecule has 1 heterocycles. The van der Waals surface area contributed by atoms with Crippen molar-refractivity contribution in [2.24, 2.45) is 0 Å². The van der Waals surface area contributed by atoms with Crippen molar-refractivity contribution in [2.75, 3.05) is 0 Å². The van der Waals surface area contributed by atoms with Crippen LogP contribution < -0.4 is 0 Å². The molecule has 0 aromatic heterocycles. The molecule has 0 N–H and O–H groups in total. The van der Waals surface area contributed by atoms with E-state index in [4.69, 9.17) is 0 Å². The van der Waals surface area contributed by atoms with E-state index in [1.165, 1.54) is 32.0 Å². The van der Waals surface area contributed by atoms with Crippen LogP contribution >= 0.6 is 0 Å². The van der Waals surface area contributed by atoms with Crippen LogP contribution in [-0.4, -0.2) is 23.7 Å². The molecule has 0 unspecified atom stereocenters. The Hall–Kier alpha value is -0.495. The number of allylic oxidation sites excluding steroid dienone is 3. The zero-order valence-corrected chi connectivity index (χ0v) is 11.9. The van der Waals surface area contributed by atoms with Crippen LogP contribution in [0.5, 0.6) is 0 Å². The van der Waals surface area contributed by atoms with Crippen molar-refractivity contribution < 1.29 is 0 Å². The van der Waals surface area contributed by atoms with Crippen molar-refractivity contribution >= 4 is 6.85 Å². The highest BCUT2D eigenvalue weighted by Crippen LogP contribution is 2.33. The molecule has 0 amide bonds. The molecule has 2 rings (SSSR count). The van der Waals surface area contributed by atoms with Gasteiger partial charge < -0.3 is 4.81 Å². The fourth-order valence-electron chi connectivity index (χ4n) is 3.54. The average molecular weight is 231 g/mol. The molecule has 1 aliphatic carbocycles. The van der Waals surface area contributed by atoms with Gasteiger partial charge in [0.1, 0.15) is 0 Å². The Morgan fingerprint density at radius 1 is 1.06 bits per heavy atom. The van der Waals surface area contributed by atoms with Crippen LogP contribution in [0.3, 0.4) is 0 Å². The van der Waals surface area contributed by atoms with Crippen LogP contribution in [0.4, 0.5) is 0 Å². The van der Waals surface area contributed by atoms with E-state index in [1.807, 2.05) is 0 Å². The van der Waals surface area contributed by atoms with Gasteiger partial charge in [-0.3, -0.25) is 0 Å². The van der Waals surface area contributed by atoms with Gasteiger partial charge in [-0.15, -0.1) is 0 Å². The number of rotatable bonds is 3. The zero-order valence-electron chi connectivity index (χ0n) is 11.9. The summed E-state index contributed by atoms with van der Waals surface area (Å²) in [6, 6.07) is 1.27. The Morgan fingerprint density at radius 2 is 1.71 bits per heavy atom. The first-order valence-electron chi connectivity index (χ1n) is 7.26. The molecule has 17 heavy (non-hydrogen) atoms. The smallest absolute Gasteiger partial charge is 0.254 e. The summed E-state index contributed by atoms with van der Waals surface area (Å²) < 4.78 is 0. The molecule has 0 fully saturated rings. The molecule has 0 atom stereocenters. The van der Waals surface area contributed by atoms with Gasteiger partial charge in [-0.05, 0) is 44.1 Å². The molecule has 1 aliphatic heterocycles. The minimum atomic E-state index is 0.631. The topological polar surface area (TPSA) is 3.24 Å². The summed E-state index contributed by atoms with van der Waals surface area (Å²) >= 11 is 0. The molecule has 0 spiro atoms. The highest BCUT2D eigenvalue weighted by Gasteiger charge is 2.29. The Labute approximate surface area is 107 Å². The standard InChI is InChI=1S/C15H26BN/c1-12(2)17(13(3)4)16-10-9-14-7-5-6-8-15(14)11-16/h9-10,12-13H,5-8,11H2,1-4H3. The lowest BCUT2D eigenvalue weighted by atomic mass is 9.50. The third-order valence-corrected chi connectivity index (χ3v) is 4.18. The van der Waals surface area contributed by atoms with Gasteiger partial charge in [-0.25, -0.2) is 0 Å². The van der Waals surface area contributed by atoms with Crippen molar-refractivity contribution in [3.05, 3.63) is 23.2 Å². The summed E-state index contributed by atoms with van der Waals surface area (Å²) in [4.78, 5) is 2.65. The van der Waals surface area contributed by atoms with Gasteiger partial charge in [-0.2, -0.15) is 0 Å². The predicted octanol–water partition coefficient (Wildman–Crippen LogP) is 4.08. The highest BCUT2D eigenvalue weighted by molar-refractivity contribution is 6.62. The lowest BCUT2D eigenvalue weighted by molar-refractivity contribution is 0.305. The molecule has 0 radical (unpaired) electrons. The van der Waals surface area contributed by atoms with Crippen molar-refractivity contribution in [3.63, 3.8) is 0 Å². The third-order valence-electron chi connectivity index (χ3n) is 4.18. The lowest BCUT2D eigenvalue weighted by Crippen LogP contribution is -2.48. The van der Waals surface area contributed by atoms with Gasteiger partial charge in [0.05, 0.1) is 0 Å². The van der Waals surface area contributed by atoms with Gasteiger partial charge in [0.2, 0.25) is 0 Å². The number of nitrogens with zero attached hydrogens (tertiary/aromatic N) is 1. The second kappa shape index (κ2) is 5.43. The van der Waals surface area contributed by atoms with Crippen molar-refractivity contribution in [2.45, 2.75) is 71.8 Å². The predicted molar refractivity (Wildman–Crippen MR) is 77.3 cm³/mol. The first-order valence-corrected chi connectivity index (χ1v) is 7.26. The molecule has 1 nitrogen and oxygen atoms in total. The summed E-state index contributed by atoms with van der Waals surface area (Å²) in [5.41, 5.74) is 3.40. The van der Waals surface area contributed by atoms with E-state index in [1.54, 1.807) is 11.1 Å².